The van der Waals surface area contributed by atoms with E-state index >= 15 is 0 Å². The molecule has 0 unspecified atom stereocenters. The first-order valence-electron chi connectivity index (χ1n) is 9.63. The van der Waals surface area contributed by atoms with Gasteiger partial charge in [0.25, 0.3) is 15.9 Å². The number of hydrogen-bond acceptors (Lipinski definition) is 7. The maximum Gasteiger partial charge on any atom is 0.262 e. The lowest BCUT2D eigenvalue weighted by Gasteiger charge is -2.11. The second-order valence-corrected chi connectivity index (χ2v) is 8.92. The quantitative estimate of drug-likeness (QED) is 0.492. The normalized spacial score (nSPS) is 12.2. The molecule has 4 rings (SSSR count). The maximum absolute atomic E-state index is 12.6. The molecule has 33 heavy (non-hydrogen) atoms. The zero-order valence-electron chi connectivity index (χ0n) is 17.3. The van der Waals surface area contributed by atoms with Crippen molar-refractivity contribution in [2.24, 2.45) is 0 Å². The van der Waals surface area contributed by atoms with Crippen LogP contribution in [0.15, 0.2) is 65.6 Å². The number of amides is 1. The van der Waals surface area contributed by atoms with Gasteiger partial charge in [-0.05, 0) is 54.6 Å². The van der Waals surface area contributed by atoms with Gasteiger partial charge in [0.05, 0.1) is 22.7 Å². The highest BCUT2D eigenvalue weighted by Gasteiger charge is 2.16. The summed E-state index contributed by atoms with van der Waals surface area (Å²) >= 11 is 6.04. The third-order valence-electron chi connectivity index (χ3n) is 4.56. The number of anilines is 2. The summed E-state index contributed by atoms with van der Waals surface area (Å²) < 4.78 is 48.7. The average Bonchev–Trinajstić information content (AvgIpc) is 3.26. The van der Waals surface area contributed by atoms with Crippen LogP contribution >= 0.6 is 11.6 Å². The zero-order chi connectivity index (χ0) is 23.4. The number of methoxy groups -OCH3 is 1. The van der Waals surface area contributed by atoms with Crippen molar-refractivity contribution in [2.45, 2.75) is 4.90 Å². The van der Waals surface area contributed by atoms with Crippen LogP contribution in [0.3, 0.4) is 0 Å². The third kappa shape index (κ3) is 5.41. The van der Waals surface area contributed by atoms with Crippen LogP contribution in [-0.2, 0) is 14.8 Å². The second kappa shape index (κ2) is 9.47. The number of ether oxygens (including phenoxy) is 4. The number of fused-ring (bicyclic) bond motifs is 1. The van der Waals surface area contributed by atoms with Crippen molar-refractivity contribution in [3.8, 4) is 23.0 Å². The number of carbonyl (C=O) groups is 1. The molecule has 11 heteroatoms. The highest BCUT2D eigenvalue weighted by molar-refractivity contribution is 7.92. The second-order valence-electron chi connectivity index (χ2n) is 6.83. The molecule has 0 fully saturated rings. The van der Waals surface area contributed by atoms with Gasteiger partial charge in [-0.25, -0.2) is 8.42 Å². The van der Waals surface area contributed by atoms with Gasteiger partial charge in [0.15, 0.2) is 18.1 Å². The highest BCUT2D eigenvalue weighted by atomic mass is 35.5. The lowest BCUT2D eigenvalue weighted by molar-refractivity contribution is -0.118. The molecule has 3 aromatic carbocycles. The summed E-state index contributed by atoms with van der Waals surface area (Å²) in [5, 5.41) is 2.97. The van der Waals surface area contributed by atoms with Gasteiger partial charge in [-0.15, -0.1) is 0 Å². The van der Waals surface area contributed by atoms with E-state index in [9.17, 15) is 13.2 Å². The number of carbonyl (C=O) groups excluding carboxylic acids is 1. The molecule has 172 valence electrons. The van der Waals surface area contributed by atoms with E-state index in [4.69, 9.17) is 30.5 Å². The molecule has 1 amide bonds. The van der Waals surface area contributed by atoms with E-state index in [1.54, 1.807) is 30.3 Å². The molecule has 0 bridgehead atoms. The van der Waals surface area contributed by atoms with Crippen LogP contribution in [0.1, 0.15) is 0 Å². The van der Waals surface area contributed by atoms with Crippen LogP contribution in [0.5, 0.6) is 23.0 Å². The standard InChI is InChI=1S/C22H19ClN2O7S/c1-29-19-8-3-15(10-18(19)23)25-33(27,28)17-6-4-16(5-7-17)30-12-22(26)24-14-2-9-20-21(11-14)32-13-31-20/h2-11,25H,12-13H2,1H3,(H,24,26). The Morgan fingerprint density at radius 1 is 1.00 bits per heavy atom. The number of benzene rings is 3. The summed E-state index contributed by atoms with van der Waals surface area (Å²) in [6.45, 7) is -0.117. The first-order chi connectivity index (χ1) is 15.8. The molecular weight excluding hydrogens is 472 g/mol. The molecule has 1 heterocycles. The number of rotatable bonds is 8. The molecule has 3 aromatic rings. The van der Waals surface area contributed by atoms with Crippen LogP contribution in [0.2, 0.25) is 5.02 Å². The van der Waals surface area contributed by atoms with Crippen molar-refractivity contribution in [2.75, 3.05) is 30.5 Å². The molecule has 1 aliphatic rings. The molecule has 0 saturated heterocycles. The Balaban J connectivity index is 1.33. The van der Waals surface area contributed by atoms with Gasteiger partial charge < -0.3 is 24.3 Å². The summed E-state index contributed by atoms with van der Waals surface area (Å²) in [7, 11) is -2.38. The third-order valence-corrected chi connectivity index (χ3v) is 6.26. The monoisotopic (exact) mass is 490 g/mol. The minimum atomic E-state index is -3.85. The molecule has 0 saturated carbocycles. The number of sulfonamides is 1. The summed E-state index contributed by atoms with van der Waals surface area (Å²) in [5.74, 6) is 1.55. The van der Waals surface area contributed by atoms with E-state index in [0.717, 1.165) is 0 Å². The average molecular weight is 491 g/mol. The van der Waals surface area contributed by atoms with E-state index in [2.05, 4.69) is 10.0 Å². The largest absolute Gasteiger partial charge is 0.495 e. The van der Waals surface area contributed by atoms with Gasteiger partial charge in [-0.2, -0.15) is 0 Å². The fourth-order valence-electron chi connectivity index (χ4n) is 2.98. The summed E-state index contributed by atoms with van der Waals surface area (Å²) in [5.41, 5.74) is 0.834. The van der Waals surface area contributed by atoms with Crippen molar-refractivity contribution in [1.82, 2.24) is 0 Å². The van der Waals surface area contributed by atoms with Gasteiger partial charge in [0, 0.05) is 11.8 Å². The Kier molecular flexibility index (Phi) is 6.47. The lowest BCUT2D eigenvalue weighted by Crippen LogP contribution is -2.20. The van der Waals surface area contributed by atoms with Crippen LogP contribution in [0, 0.1) is 0 Å². The number of halogens is 1. The fourth-order valence-corrected chi connectivity index (χ4v) is 4.29. The molecule has 0 aromatic heterocycles. The summed E-state index contributed by atoms with van der Waals surface area (Å²) in [6.07, 6.45) is 0. The summed E-state index contributed by atoms with van der Waals surface area (Å²) in [6, 6.07) is 15.3. The lowest BCUT2D eigenvalue weighted by atomic mass is 10.3. The van der Waals surface area contributed by atoms with Gasteiger partial charge in [0.2, 0.25) is 6.79 Å². The van der Waals surface area contributed by atoms with Crippen molar-refractivity contribution in [1.29, 1.82) is 0 Å². The number of nitrogens with one attached hydrogen (secondary N) is 2. The van der Waals surface area contributed by atoms with Crippen LogP contribution < -0.4 is 29.0 Å². The Hall–Kier alpha value is -3.63. The Bertz CT molecular complexity index is 1280. The molecule has 0 radical (unpaired) electrons. The van der Waals surface area contributed by atoms with Gasteiger partial charge in [-0.1, -0.05) is 11.6 Å². The zero-order valence-corrected chi connectivity index (χ0v) is 18.9. The van der Waals surface area contributed by atoms with Crippen molar-refractivity contribution in [3.05, 3.63) is 65.7 Å². The van der Waals surface area contributed by atoms with Crippen LogP contribution in [-0.4, -0.2) is 34.8 Å². The van der Waals surface area contributed by atoms with E-state index in [-0.39, 0.29) is 29.2 Å². The first kappa shape index (κ1) is 22.6. The summed E-state index contributed by atoms with van der Waals surface area (Å²) in [4.78, 5) is 12.2. The fraction of sp³-hybridized carbons (Fsp3) is 0.136. The Morgan fingerprint density at radius 2 is 1.73 bits per heavy atom. The minimum absolute atomic E-state index is 0.0200. The molecule has 2 N–H and O–H groups in total. The molecule has 1 aliphatic heterocycles. The van der Waals surface area contributed by atoms with Crippen LogP contribution in [0.4, 0.5) is 11.4 Å². The van der Waals surface area contributed by atoms with Crippen molar-refractivity contribution >= 4 is 38.9 Å². The maximum atomic E-state index is 12.6. The smallest absolute Gasteiger partial charge is 0.262 e. The number of hydrogen-bond donors (Lipinski definition) is 2. The molecule has 0 aliphatic carbocycles. The molecule has 0 spiro atoms. The SMILES string of the molecule is COc1ccc(NS(=O)(=O)c2ccc(OCC(=O)Nc3ccc4c(c3)OCO4)cc2)cc1Cl. The Labute approximate surface area is 195 Å². The van der Waals surface area contributed by atoms with E-state index in [0.29, 0.717) is 34.4 Å². The Morgan fingerprint density at radius 3 is 2.45 bits per heavy atom. The molecular formula is C22H19ClN2O7S. The highest BCUT2D eigenvalue weighted by Crippen LogP contribution is 2.34. The van der Waals surface area contributed by atoms with Gasteiger partial charge in [0.1, 0.15) is 11.5 Å². The molecule has 0 atom stereocenters. The van der Waals surface area contributed by atoms with Crippen LogP contribution in [0.25, 0.3) is 0 Å². The van der Waals surface area contributed by atoms with E-state index in [1.807, 2.05) is 0 Å². The predicted molar refractivity (Wildman–Crippen MR) is 122 cm³/mol. The topological polar surface area (TPSA) is 112 Å². The van der Waals surface area contributed by atoms with Gasteiger partial charge >= 0.3 is 0 Å². The van der Waals surface area contributed by atoms with Gasteiger partial charge in [-0.3, -0.25) is 9.52 Å². The van der Waals surface area contributed by atoms with Crippen molar-refractivity contribution < 1.29 is 32.2 Å². The van der Waals surface area contributed by atoms with E-state index < -0.39 is 10.0 Å². The molecule has 9 nitrogen and oxygen atoms in total. The first-order valence-corrected chi connectivity index (χ1v) is 11.5. The predicted octanol–water partition coefficient (Wildman–Crippen LogP) is 3.90. The van der Waals surface area contributed by atoms with E-state index in [1.165, 1.54) is 37.4 Å². The minimum Gasteiger partial charge on any atom is -0.495 e. The van der Waals surface area contributed by atoms with Crippen molar-refractivity contribution in [3.63, 3.8) is 0 Å².